The van der Waals surface area contributed by atoms with Gasteiger partial charge in [-0.05, 0) is 29.8 Å². The number of carbonyl (C=O) groups is 1. The van der Waals surface area contributed by atoms with Gasteiger partial charge in [0, 0.05) is 18.2 Å². The number of nitrogens with two attached hydrogens (primary N) is 1. The van der Waals surface area contributed by atoms with E-state index in [0.29, 0.717) is 23.5 Å². The molecule has 5 heteroatoms. The molecule has 0 spiro atoms. The first-order valence-electron chi connectivity index (χ1n) is 6.11. The van der Waals surface area contributed by atoms with Gasteiger partial charge in [0.1, 0.15) is 11.5 Å². The molecule has 5 nitrogen and oxygen atoms in total. The zero-order valence-corrected chi connectivity index (χ0v) is 11.1. The zero-order valence-electron chi connectivity index (χ0n) is 11.1. The lowest BCUT2D eigenvalue weighted by Gasteiger charge is -2.09. The predicted octanol–water partition coefficient (Wildman–Crippen LogP) is 2.11. The Labute approximate surface area is 117 Å². The zero-order chi connectivity index (χ0) is 14.5. The van der Waals surface area contributed by atoms with Crippen molar-refractivity contribution in [2.75, 3.05) is 12.4 Å². The third kappa shape index (κ3) is 3.07. The van der Waals surface area contributed by atoms with Crippen LogP contribution in [0.4, 0.5) is 5.69 Å². The highest BCUT2D eigenvalue weighted by molar-refractivity contribution is 6.05. The van der Waals surface area contributed by atoms with Gasteiger partial charge in [0.25, 0.3) is 5.91 Å². The van der Waals surface area contributed by atoms with Crippen LogP contribution in [0.15, 0.2) is 42.5 Å². The number of ether oxygens (including phenoxy) is 1. The summed E-state index contributed by atoms with van der Waals surface area (Å²) in [6.45, 7) is 0.432. The van der Waals surface area contributed by atoms with Crippen molar-refractivity contribution in [1.82, 2.24) is 0 Å². The van der Waals surface area contributed by atoms with Crippen molar-refractivity contribution in [1.29, 1.82) is 0 Å². The Morgan fingerprint density at radius 3 is 2.50 bits per heavy atom. The van der Waals surface area contributed by atoms with Crippen LogP contribution in [0.25, 0.3) is 0 Å². The van der Waals surface area contributed by atoms with Crippen LogP contribution >= 0.6 is 0 Å². The van der Waals surface area contributed by atoms with Crippen LogP contribution in [0.1, 0.15) is 15.9 Å². The lowest BCUT2D eigenvalue weighted by atomic mass is 10.1. The molecule has 4 N–H and O–H groups in total. The number of benzene rings is 2. The number of hydrogen-bond acceptors (Lipinski definition) is 4. The summed E-state index contributed by atoms with van der Waals surface area (Å²) in [7, 11) is 1.51. The van der Waals surface area contributed by atoms with E-state index in [9.17, 15) is 9.90 Å². The maximum absolute atomic E-state index is 12.0. The van der Waals surface area contributed by atoms with E-state index in [-0.39, 0.29) is 11.7 Å². The highest BCUT2D eigenvalue weighted by Crippen LogP contribution is 2.28. The smallest absolute Gasteiger partial charge is 0.255 e. The highest BCUT2D eigenvalue weighted by Gasteiger charge is 2.09. The van der Waals surface area contributed by atoms with E-state index in [2.05, 4.69) is 5.32 Å². The van der Waals surface area contributed by atoms with Gasteiger partial charge in [-0.15, -0.1) is 0 Å². The molecule has 0 aromatic heterocycles. The molecule has 0 radical (unpaired) electrons. The molecule has 0 aliphatic carbocycles. The Hall–Kier alpha value is -2.53. The van der Waals surface area contributed by atoms with Crippen molar-refractivity contribution >= 4 is 11.6 Å². The summed E-state index contributed by atoms with van der Waals surface area (Å²) in [6.07, 6.45) is 0. The van der Waals surface area contributed by atoms with Gasteiger partial charge in [0.15, 0.2) is 0 Å². The maximum atomic E-state index is 12.0. The summed E-state index contributed by atoms with van der Waals surface area (Å²) in [4.78, 5) is 12.0. The standard InChI is InChI=1S/C15H16N2O3/c1-20-12-6-7-13(14(18)8-12)17-15(19)11-4-2-10(9-16)3-5-11/h2-8,18H,9,16H2,1H3,(H,17,19). The summed E-state index contributed by atoms with van der Waals surface area (Å²) in [5.74, 6) is 0.179. The fourth-order valence-corrected chi connectivity index (χ4v) is 1.73. The van der Waals surface area contributed by atoms with E-state index in [1.807, 2.05) is 0 Å². The van der Waals surface area contributed by atoms with Crippen LogP contribution in [-0.2, 0) is 6.54 Å². The Morgan fingerprint density at radius 2 is 1.95 bits per heavy atom. The van der Waals surface area contributed by atoms with E-state index >= 15 is 0 Å². The minimum Gasteiger partial charge on any atom is -0.506 e. The van der Waals surface area contributed by atoms with Crippen LogP contribution in [0, 0.1) is 0 Å². The third-order valence-corrected chi connectivity index (χ3v) is 2.90. The van der Waals surface area contributed by atoms with Crippen LogP contribution in [0.2, 0.25) is 0 Å². The average molecular weight is 272 g/mol. The van der Waals surface area contributed by atoms with Crippen molar-refractivity contribution in [2.24, 2.45) is 5.73 Å². The van der Waals surface area contributed by atoms with Crippen LogP contribution in [0.5, 0.6) is 11.5 Å². The molecule has 0 heterocycles. The Morgan fingerprint density at radius 1 is 1.25 bits per heavy atom. The number of nitrogens with one attached hydrogen (secondary N) is 1. The Kier molecular flexibility index (Phi) is 4.22. The largest absolute Gasteiger partial charge is 0.506 e. The Bertz CT molecular complexity index is 609. The summed E-state index contributed by atoms with van der Waals surface area (Å²) in [6, 6.07) is 11.7. The molecular weight excluding hydrogens is 256 g/mol. The number of aromatic hydroxyl groups is 1. The van der Waals surface area contributed by atoms with Crippen molar-refractivity contribution in [3.63, 3.8) is 0 Å². The predicted molar refractivity (Wildman–Crippen MR) is 76.9 cm³/mol. The second-order valence-corrected chi connectivity index (χ2v) is 4.24. The number of phenols is 1. The van der Waals surface area contributed by atoms with Crippen molar-refractivity contribution in [3.05, 3.63) is 53.6 Å². The van der Waals surface area contributed by atoms with Gasteiger partial charge in [-0.25, -0.2) is 0 Å². The van der Waals surface area contributed by atoms with Gasteiger partial charge in [0.2, 0.25) is 0 Å². The molecule has 104 valence electrons. The molecule has 0 fully saturated rings. The normalized spacial score (nSPS) is 10.1. The number of carbonyl (C=O) groups excluding carboxylic acids is 1. The first-order valence-corrected chi connectivity index (χ1v) is 6.11. The fourth-order valence-electron chi connectivity index (χ4n) is 1.73. The molecule has 0 saturated carbocycles. The van der Waals surface area contributed by atoms with Crippen molar-refractivity contribution in [3.8, 4) is 11.5 Å². The topological polar surface area (TPSA) is 84.6 Å². The maximum Gasteiger partial charge on any atom is 0.255 e. The monoisotopic (exact) mass is 272 g/mol. The molecule has 2 rings (SSSR count). The van der Waals surface area contributed by atoms with E-state index in [1.54, 1.807) is 36.4 Å². The van der Waals surface area contributed by atoms with E-state index in [1.165, 1.54) is 13.2 Å². The van der Waals surface area contributed by atoms with Gasteiger partial charge in [-0.3, -0.25) is 4.79 Å². The number of rotatable bonds is 4. The van der Waals surface area contributed by atoms with Crippen molar-refractivity contribution in [2.45, 2.75) is 6.54 Å². The van der Waals surface area contributed by atoms with Gasteiger partial charge in [-0.1, -0.05) is 12.1 Å². The number of amides is 1. The molecule has 0 unspecified atom stereocenters. The van der Waals surface area contributed by atoms with Gasteiger partial charge in [-0.2, -0.15) is 0 Å². The average Bonchev–Trinajstić information content (AvgIpc) is 2.49. The number of methoxy groups -OCH3 is 1. The summed E-state index contributed by atoms with van der Waals surface area (Å²) >= 11 is 0. The summed E-state index contributed by atoms with van der Waals surface area (Å²) in [5, 5.41) is 12.4. The van der Waals surface area contributed by atoms with Gasteiger partial charge in [0.05, 0.1) is 12.8 Å². The van der Waals surface area contributed by atoms with Crippen LogP contribution in [-0.4, -0.2) is 18.1 Å². The molecule has 20 heavy (non-hydrogen) atoms. The lowest BCUT2D eigenvalue weighted by molar-refractivity contribution is 0.102. The molecule has 1 amide bonds. The minimum atomic E-state index is -0.297. The van der Waals surface area contributed by atoms with E-state index in [4.69, 9.17) is 10.5 Å². The molecule has 0 aliphatic heterocycles. The molecule has 0 atom stereocenters. The first-order chi connectivity index (χ1) is 9.63. The quantitative estimate of drug-likeness (QED) is 0.744. The van der Waals surface area contributed by atoms with Gasteiger partial charge < -0.3 is 20.9 Å². The fraction of sp³-hybridized carbons (Fsp3) is 0.133. The highest BCUT2D eigenvalue weighted by atomic mass is 16.5. The lowest BCUT2D eigenvalue weighted by Crippen LogP contribution is -2.12. The van der Waals surface area contributed by atoms with Crippen molar-refractivity contribution < 1.29 is 14.6 Å². The van der Waals surface area contributed by atoms with E-state index in [0.717, 1.165) is 5.56 Å². The second-order valence-electron chi connectivity index (χ2n) is 4.24. The molecule has 2 aromatic carbocycles. The Balaban J connectivity index is 2.14. The molecule has 0 saturated heterocycles. The third-order valence-electron chi connectivity index (χ3n) is 2.90. The summed E-state index contributed by atoms with van der Waals surface area (Å²) < 4.78 is 4.98. The first kappa shape index (κ1) is 13.9. The van der Waals surface area contributed by atoms with Gasteiger partial charge >= 0.3 is 0 Å². The van der Waals surface area contributed by atoms with E-state index < -0.39 is 0 Å². The number of hydrogen-bond donors (Lipinski definition) is 3. The summed E-state index contributed by atoms with van der Waals surface area (Å²) in [5.41, 5.74) is 7.28. The van der Waals surface area contributed by atoms with Crippen LogP contribution in [0.3, 0.4) is 0 Å². The molecule has 0 aliphatic rings. The second kappa shape index (κ2) is 6.08. The molecule has 2 aromatic rings. The molecule has 0 bridgehead atoms. The molecular formula is C15H16N2O3. The number of phenolic OH excluding ortho intramolecular Hbond substituents is 1. The van der Waals surface area contributed by atoms with Crippen LogP contribution < -0.4 is 15.8 Å². The number of anilines is 1. The minimum absolute atomic E-state index is 0.0451. The SMILES string of the molecule is COc1ccc(NC(=O)c2ccc(CN)cc2)c(O)c1.